The van der Waals surface area contributed by atoms with Gasteiger partial charge >= 0.3 is 0 Å². The van der Waals surface area contributed by atoms with Crippen LogP contribution < -0.4 is 10.6 Å². The van der Waals surface area contributed by atoms with Gasteiger partial charge in [0.2, 0.25) is 11.8 Å². The molecule has 1 aliphatic rings. The smallest absolute Gasteiger partial charge is 0.243 e. The summed E-state index contributed by atoms with van der Waals surface area (Å²) in [5.74, 6) is 0.956. The molecule has 5 heteroatoms. The van der Waals surface area contributed by atoms with Crippen molar-refractivity contribution in [3.8, 4) is 0 Å². The van der Waals surface area contributed by atoms with Gasteiger partial charge in [0.1, 0.15) is 6.04 Å². The molecule has 0 bridgehead atoms. The number of hydrogen-bond acceptors (Lipinski definition) is 3. The molecule has 18 heavy (non-hydrogen) atoms. The minimum absolute atomic E-state index is 0.0607. The van der Waals surface area contributed by atoms with Gasteiger partial charge in [-0.2, -0.15) is 0 Å². The highest BCUT2D eigenvalue weighted by molar-refractivity contribution is 8.00. The molecule has 1 fully saturated rings. The maximum absolute atomic E-state index is 11.8. The lowest BCUT2D eigenvalue weighted by atomic mass is 10.1. The number of benzene rings is 1. The van der Waals surface area contributed by atoms with Crippen LogP contribution in [-0.2, 0) is 16.0 Å². The van der Waals surface area contributed by atoms with E-state index in [1.807, 2.05) is 30.3 Å². The van der Waals surface area contributed by atoms with E-state index >= 15 is 0 Å². The number of carbonyl (C=O) groups excluding carboxylic acids is 2. The van der Waals surface area contributed by atoms with Crippen LogP contribution in [0, 0.1) is 0 Å². The van der Waals surface area contributed by atoms with Crippen molar-refractivity contribution in [1.82, 2.24) is 10.6 Å². The Bertz CT molecular complexity index is 422. The van der Waals surface area contributed by atoms with Crippen molar-refractivity contribution in [2.75, 3.05) is 18.1 Å². The highest BCUT2D eigenvalue weighted by Gasteiger charge is 2.24. The van der Waals surface area contributed by atoms with Crippen LogP contribution in [0.1, 0.15) is 5.56 Å². The first kappa shape index (κ1) is 13.0. The van der Waals surface area contributed by atoms with Crippen molar-refractivity contribution in [3.05, 3.63) is 35.9 Å². The molecule has 96 valence electrons. The van der Waals surface area contributed by atoms with E-state index in [4.69, 9.17) is 0 Å². The van der Waals surface area contributed by atoms with Gasteiger partial charge in [0.25, 0.3) is 0 Å². The number of rotatable bonds is 4. The molecule has 2 rings (SSSR count). The van der Waals surface area contributed by atoms with Gasteiger partial charge in [-0.3, -0.25) is 9.59 Å². The van der Waals surface area contributed by atoms with Crippen LogP contribution in [0.3, 0.4) is 0 Å². The molecule has 2 amide bonds. The lowest BCUT2D eigenvalue weighted by molar-refractivity contribution is -0.127. The molecule has 0 saturated carbocycles. The van der Waals surface area contributed by atoms with Crippen LogP contribution in [0.15, 0.2) is 30.3 Å². The third-order valence-corrected chi connectivity index (χ3v) is 3.76. The Hall–Kier alpha value is -1.49. The zero-order valence-electron chi connectivity index (χ0n) is 10.0. The molecule has 0 aliphatic carbocycles. The predicted molar refractivity (Wildman–Crippen MR) is 72.4 cm³/mol. The second-order valence-corrected chi connectivity index (χ2v) is 5.19. The average Bonchev–Trinajstić information content (AvgIpc) is 2.40. The quantitative estimate of drug-likeness (QED) is 0.836. The van der Waals surface area contributed by atoms with E-state index in [0.29, 0.717) is 18.1 Å². The van der Waals surface area contributed by atoms with Crippen molar-refractivity contribution < 1.29 is 9.59 Å². The van der Waals surface area contributed by atoms with E-state index in [-0.39, 0.29) is 17.9 Å². The van der Waals surface area contributed by atoms with Crippen molar-refractivity contribution >= 4 is 23.6 Å². The van der Waals surface area contributed by atoms with Crippen LogP contribution in [0.25, 0.3) is 0 Å². The monoisotopic (exact) mass is 264 g/mol. The molecule has 1 atom stereocenters. The minimum Gasteiger partial charge on any atom is -0.354 e. The topological polar surface area (TPSA) is 58.2 Å². The van der Waals surface area contributed by atoms with Gasteiger partial charge in [-0.1, -0.05) is 30.3 Å². The maximum atomic E-state index is 11.8. The van der Waals surface area contributed by atoms with Gasteiger partial charge in [-0.05, 0) is 12.0 Å². The fourth-order valence-electron chi connectivity index (χ4n) is 1.79. The summed E-state index contributed by atoms with van der Waals surface area (Å²) in [6.45, 7) is 0.597. The van der Waals surface area contributed by atoms with Crippen LogP contribution in [0.5, 0.6) is 0 Å². The first-order chi connectivity index (χ1) is 8.75. The van der Waals surface area contributed by atoms with Crippen molar-refractivity contribution in [3.63, 3.8) is 0 Å². The maximum Gasteiger partial charge on any atom is 0.243 e. The molecule has 0 aromatic heterocycles. The molecule has 0 spiro atoms. The molecular formula is C13H16N2O2S. The Labute approximate surface area is 111 Å². The summed E-state index contributed by atoms with van der Waals surface area (Å²) >= 11 is 1.50. The fraction of sp³-hybridized carbons (Fsp3) is 0.385. The number of carbonyl (C=O) groups is 2. The molecule has 0 radical (unpaired) electrons. The normalized spacial score (nSPS) is 19.1. The van der Waals surface area contributed by atoms with Gasteiger partial charge in [0, 0.05) is 12.3 Å². The Kier molecular flexibility index (Phi) is 4.64. The third-order valence-electron chi connectivity index (χ3n) is 2.73. The second-order valence-electron chi connectivity index (χ2n) is 4.16. The molecular weight excluding hydrogens is 248 g/mol. The SMILES string of the molecule is O=C1CSCC(C(=O)NCCc2ccccc2)N1. The van der Waals surface area contributed by atoms with E-state index in [0.717, 1.165) is 6.42 Å². The summed E-state index contributed by atoms with van der Waals surface area (Å²) in [6.07, 6.45) is 0.806. The summed E-state index contributed by atoms with van der Waals surface area (Å²) in [4.78, 5) is 23.0. The van der Waals surface area contributed by atoms with Crippen molar-refractivity contribution in [2.24, 2.45) is 0 Å². The van der Waals surface area contributed by atoms with Crippen molar-refractivity contribution in [1.29, 1.82) is 0 Å². The largest absolute Gasteiger partial charge is 0.354 e. The molecule has 2 N–H and O–H groups in total. The summed E-state index contributed by atoms with van der Waals surface area (Å²) in [5, 5.41) is 5.55. The lowest BCUT2D eigenvalue weighted by Gasteiger charge is -2.21. The van der Waals surface area contributed by atoms with Crippen molar-refractivity contribution in [2.45, 2.75) is 12.5 Å². The van der Waals surface area contributed by atoms with Gasteiger partial charge in [-0.15, -0.1) is 11.8 Å². The van der Waals surface area contributed by atoms with Crippen LogP contribution in [-0.4, -0.2) is 35.9 Å². The molecule has 1 unspecified atom stereocenters. The molecule has 1 saturated heterocycles. The molecule has 4 nitrogen and oxygen atoms in total. The first-order valence-electron chi connectivity index (χ1n) is 5.94. The summed E-state index contributed by atoms with van der Waals surface area (Å²) < 4.78 is 0. The standard InChI is InChI=1S/C13H16N2O2S/c16-12-9-18-8-11(15-12)13(17)14-7-6-10-4-2-1-3-5-10/h1-5,11H,6-9H2,(H,14,17)(H,15,16). The molecule has 1 aromatic carbocycles. The highest BCUT2D eigenvalue weighted by Crippen LogP contribution is 2.08. The molecule has 1 aromatic rings. The minimum atomic E-state index is -0.382. The van der Waals surface area contributed by atoms with Crippen LogP contribution in [0.4, 0.5) is 0 Å². The number of hydrogen-bond donors (Lipinski definition) is 2. The van der Waals surface area contributed by atoms with E-state index in [1.165, 1.54) is 17.3 Å². The second kappa shape index (κ2) is 6.44. The molecule has 1 heterocycles. The third kappa shape index (κ3) is 3.77. The number of nitrogens with one attached hydrogen (secondary N) is 2. The number of amides is 2. The Morgan fingerprint density at radius 3 is 2.89 bits per heavy atom. The van der Waals surface area contributed by atoms with E-state index in [9.17, 15) is 9.59 Å². The molecule has 1 aliphatic heterocycles. The van der Waals surface area contributed by atoms with Gasteiger partial charge < -0.3 is 10.6 Å². The van der Waals surface area contributed by atoms with Crippen LogP contribution >= 0.6 is 11.8 Å². The zero-order chi connectivity index (χ0) is 12.8. The predicted octanol–water partition coefficient (Wildman–Crippen LogP) is 0.577. The summed E-state index contributed by atoms with van der Waals surface area (Å²) in [6, 6.07) is 9.61. The average molecular weight is 264 g/mol. The Morgan fingerprint density at radius 1 is 1.39 bits per heavy atom. The number of thioether (sulfide) groups is 1. The van der Waals surface area contributed by atoms with Gasteiger partial charge in [0.05, 0.1) is 5.75 Å². The van der Waals surface area contributed by atoms with Gasteiger partial charge in [-0.25, -0.2) is 0 Å². The zero-order valence-corrected chi connectivity index (χ0v) is 10.8. The van der Waals surface area contributed by atoms with Crippen LogP contribution in [0.2, 0.25) is 0 Å². The van der Waals surface area contributed by atoms with Gasteiger partial charge in [0.15, 0.2) is 0 Å². The summed E-state index contributed by atoms with van der Waals surface area (Å²) in [5.41, 5.74) is 1.19. The fourth-order valence-corrected chi connectivity index (χ4v) is 2.64. The Morgan fingerprint density at radius 2 is 2.17 bits per heavy atom. The lowest BCUT2D eigenvalue weighted by Crippen LogP contribution is -2.51. The summed E-state index contributed by atoms with van der Waals surface area (Å²) in [7, 11) is 0. The Balaban J connectivity index is 1.73. The van der Waals surface area contributed by atoms with E-state index in [1.54, 1.807) is 0 Å². The van der Waals surface area contributed by atoms with E-state index < -0.39 is 0 Å². The van der Waals surface area contributed by atoms with E-state index in [2.05, 4.69) is 10.6 Å². The first-order valence-corrected chi connectivity index (χ1v) is 7.10. The highest BCUT2D eigenvalue weighted by atomic mass is 32.2.